The molecule has 3 nitrogen and oxygen atoms in total. The monoisotopic (exact) mass is 185 g/mol. The summed E-state index contributed by atoms with van der Waals surface area (Å²) in [4.78, 5) is 6.59. The highest BCUT2D eigenvalue weighted by atomic mass is 32.1. The summed E-state index contributed by atoms with van der Waals surface area (Å²) in [5.74, 6) is 0. The Balaban J connectivity index is 2.52. The van der Waals surface area contributed by atoms with E-state index in [-0.39, 0.29) is 0 Å². The minimum atomic E-state index is 0.556. The van der Waals surface area contributed by atoms with Crippen LogP contribution in [0.4, 0.5) is 0 Å². The van der Waals surface area contributed by atoms with Gasteiger partial charge in [-0.05, 0) is 13.6 Å². The first kappa shape index (κ1) is 9.64. The van der Waals surface area contributed by atoms with Crippen LogP contribution in [-0.4, -0.2) is 23.5 Å². The number of rotatable bonds is 4. The molecule has 0 fully saturated rings. The topological polar surface area (TPSA) is 42.1 Å². The number of nitrogens with two attached hydrogens (primary N) is 1. The average molecular weight is 185 g/mol. The Bertz CT molecular complexity index is 234. The standard InChI is InChI=1S/C8H15N3S/c1-3-11(2)5-7-6-12-8(4-9)10-7/h6H,3-5,9H2,1-2H3. The van der Waals surface area contributed by atoms with E-state index in [2.05, 4.69) is 29.2 Å². The Hall–Kier alpha value is -0.450. The van der Waals surface area contributed by atoms with Crippen LogP contribution >= 0.6 is 11.3 Å². The summed E-state index contributed by atoms with van der Waals surface area (Å²) in [5.41, 5.74) is 6.59. The van der Waals surface area contributed by atoms with Crippen molar-refractivity contribution >= 4 is 11.3 Å². The third-order valence-electron chi connectivity index (χ3n) is 1.75. The lowest BCUT2D eigenvalue weighted by Crippen LogP contribution is -2.16. The summed E-state index contributed by atoms with van der Waals surface area (Å²) >= 11 is 1.64. The largest absolute Gasteiger partial charge is 0.325 e. The van der Waals surface area contributed by atoms with E-state index < -0.39 is 0 Å². The molecule has 2 N–H and O–H groups in total. The Labute approximate surface area is 77.2 Å². The maximum Gasteiger partial charge on any atom is 0.106 e. The van der Waals surface area contributed by atoms with Gasteiger partial charge in [-0.2, -0.15) is 0 Å². The third-order valence-corrected chi connectivity index (χ3v) is 2.67. The summed E-state index contributed by atoms with van der Waals surface area (Å²) < 4.78 is 0. The molecule has 0 radical (unpaired) electrons. The van der Waals surface area contributed by atoms with Gasteiger partial charge in [-0.25, -0.2) is 4.98 Å². The Kier molecular flexibility index (Phi) is 3.65. The van der Waals surface area contributed by atoms with Crippen LogP contribution in [0.3, 0.4) is 0 Å². The molecular formula is C8H15N3S. The molecule has 0 bridgehead atoms. The maximum absolute atomic E-state index is 5.46. The van der Waals surface area contributed by atoms with E-state index in [9.17, 15) is 0 Å². The first-order valence-electron chi connectivity index (χ1n) is 4.08. The van der Waals surface area contributed by atoms with Crippen LogP contribution in [0.5, 0.6) is 0 Å². The number of nitrogens with zero attached hydrogens (tertiary/aromatic N) is 2. The van der Waals surface area contributed by atoms with Gasteiger partial charge in [-0.15, -0.1) is 11.3 Å². The number of thiazole rings is 1. The second-order valence-corrected chi connectivity index (χ2v) is 3.71. The molecule has 0 saturated heterocycles. The van der Waals surface area contributed by atoms with E-state index in [1.165, 1.54) is 0 Å². The number of hydrogen-bond acceptors (Lipinski definition) is 4. The molecule has 0 unspecified atom stereocenters. The fourth-order valence-corrected chi connectivity index (χ4v) is 1.57. The first-order chi connectivity index (χ1) is 5.76. The Morgan fingerprint density at radius 3 is 2.92 bits per heavy atom. The van der Waals surface area contributed by atoms with Gasteiger partial charge in [0.15, 0.2) is 0 Å². The van der Waals surface area contributed by atoms with Crippen LogP contribution in [0.15, 0.2) is 5.38 Å². The fraction of sp³-hybridized carbons (Fsp3) is 0.625. The van der Waals surface area contributed by atoms with Crippen molar-refractivity contribution in [1.29, 1.82) is 0 Å². The zero-order valence-corrected chi connectivity index (χ0v) is 8.40. The Morgan fingerprint density at radius 2 is 2.42 bits per heavy atom. The molecule has 1 heterocycles. The van der Waals surface area contributed by atoms with Crippen LogP contribution in [0, 0.1) is 0 Å². The molecule has 0 aliphatic heterocycles. The zero-order chi connectivity index (χ0) is 8.97. The van der Waals surface area contributed by atoms with Gasteiger partial charge in [0.2, 0.25) is 0 Å². The summed E-state index contributed by atoms with van der Waals surface area (Å²) in [6, 6.07) is 0. The van der Waals surface area contributed by atoms with Gasteiger partial charge in [0.1, 0.15) is 5.01 Å². The first-order valence-corrected chi connectivity index (χ1v) is 4.96. The molecule has 0 aliphatic carbocycles. The molecule has 68 valence electrons. The molecule has 4 heteroatoms. The van der Waals surface area contributed by atoms with Crippen LogP contribution in [-0.2, 0) is 13.1 Å². The highest BCUT2D eigenvalue weighted by molar-refractivity contribution is 7.09. The van der Waals surface area contributed by atoms with E-state index in [1.54, 1.807) is 11.3 Å². The van der Waals surface area contributed by atoms with Crippen molar-refractivity contribution in [2.75, 3.05) is 13.6 Å². The van der Waals surface area contributed by atoms with Gasteiger partial charge in [-0.1, -0.05) is 6.92 Å². The van der Waals surface area contributed by atoms with E-state index in [0.717, 1.165) is 23.8 Å². The normalized spacial score (nSPS) is 11.0. The van der Waals surface area contributed by atoms with Crippen molar-refractivity contribution in [3.63, 3.8) is 0 Å². The highest BCUT2D eigenvalue weighted by Crippen LogP contribution is 2.09. The summed E-state index contributed by atoms with van der Waals surface area (Å²) in [5, 5.41) is 3.10. The summed E-state index contributed by atoms with van der Waals surface area (Å²) in [7, 11) is 2.08. The van der Waals surface area contributed by atoms with Gasteiger partial charge in [0.25, 0.3) is 0 Å². The van der Waals surface area contributed by atoms with Crippen molar-refractivity contribution in [2.24, 2.45) is 5.73 Å². The third kappa shape index (κ3) is 2.55. The van der Waals surface area contributed by atoms with Crippen LogP contribution in [0.2, 0.25) is 0 Å². The van der Waals surface area contributed by atoms with Crippen LogP contribution in [0.1, 0.15) is 17.6 Å². The number of aromatic nitrogens is 1. The van der Waals surface area contributed by atoms with Gasteiger partial charge in [0, 0.05) is 18.5 Å². The SMILES string of the molecule is CCN(C)Cc1csc(CN)n1. The van der Waals surface area contributed by atoms with E-state index in [0.29, 0.717) is 6.54 Å². The minimum Gasteiger partial charge on any atom is -0.325 e. The predicted octanol–water partition coefficient (Wildman–Crippen LogP) is 1.05. The molecule has 0 amide bonds. The summed E-state index contributed by atoms with van der Waals surface area (Å²) in [6.45, 7) is 4.67. The lowest BCUT2D eigenvalue weighted by molar-refractivity contribution is 0.342. The quantitative estimate of drug-likeness (QED) is 0.762. The minimum absolute atomic E-state index is 0.556. The molecule has 1 aromatic rings. The maximum atomic E-state index is 5.46. The highest BCUT2D eigenvalue weighted by Gasteiger charge is 2.02. The molecule has 0 spiro atoms. The van der Waals surface area contributed by atoms with E-state index in [4.69, 9.17) is 5.73 Å². The fourth-order valence-electron chi connectivity index (χ4n) is 0.904. The van der Waals surface area contributed by atoms with Gasteiger partial charge in [-0.3, -0.25) is 0 Å². The van der Waals surface area contributed by atoms with Crippen molar-refractivity contribution in [2.45, 2.75) is 20.0 Å². The zero-order valence-electron chi connectivity index (χ0n) is 7.58. The Morgan fingerprint density at radius 1 is 1.67 bits per heavy atom. The smallest absolute Gasteiger partial charge is 0.106 e. The van der Waals surface area contributed by atoms with Gasteiger partial charge in [0.05, 0.1) is 5.69 Å². The van der Waals surface area contributed by atoms with Crippen LogP contribution in [0.25, 0.3) is 0 Å². The molecule has 1 rings (SSSR count). The van der Waals surface area contributed by atoms with Gasteiger partial charge >= 0.3 is 0 Å². The van der Waals surface area contributed by atoms with Crippen LogP contribution < -0.4 is 5.73 Å². The molecule has 0 aromatic carbocycles. The van der Waals surface area contributed by atoms with Crippen molar-refractivity contribution in [3.8, 4) is 0 Å². The van der Waals surface area contributed by atoms with E-state index >= 15 is 0 Å². The predicted molar refractivity (Wildman–Crippen MR) is 52.0 cm³/mol. The second kappa shape index (κ2) is 4.54. The van der Waals surface area contributed by atoms with Gasteiger partial charge < -0.3 is 10.6 Å². The average Bonchev–Trinajstić information content (AvgIpc) is 2.52. The van der Waals surface area contributed by atoms with Crippen molar-refractivity contribution in [1.82, 2.24) is 9.88 Å². The lowest BCUT2D eigenvalue weighted by atomic mass is 10.4. The number of hydrogen-bond donors (Lipinski definition) is 1. The molecular weight excluding hydrogens is 170 g/mol. The molecule has 0 atom stereocenters. The van der Waals surface area contributed by atoms with Crippen molar-refractivity contribution in [3.05, 3.63) is 16.1 Å². The van der Waals surface area contributed by atoms with E-state index in [1.807, 2.05) is 0 Å². The van der Waals surface area contributed by atoms with Crippen molar-refractivity contribution < 1.29 is 0 Å². The lowest BCUT2D eigenvalue weighted by Gasteiger charge is -2.10. The molecule has 1 aromatic heterocycles. The molecule has 0 aliphatic rings. The summed E-state index contributed by atoms with van der Waals surface area (Å²) in [6.07, 6.45) is 0. The second-order valence-electron chi connectivity index (χ2n) is 2.77. The molecule has 12 heavy (non-hydrogen) atoms. The molecule has 0 saturated carbocycles.